The largest absolute Gasteiger partial charge is 0.292 e. The summed E-state index contributed by atoms with van der Waals surface area (Å²) in [4.78, 5) is 20.1. The first-order chi connectivity index (χ1) is 8.59. The van der Waals surface area contributed by atoms with Crippen LogP contribution in [0.4, 0.5) is 0 Å². The van der Waals surface area contributed by atoms with Crippen molar-refractivity contribution in [3.8, 4) is 0 Å². The van der Waals surface area contributed by atoms with Crippen molar-refractivity contribution < 1.29 is 13.2 Å². The SMILES string of the molecule is O=C(c1cnccn1)C1CC2CCC(C1)S2(=O)=O. The minimum atomic E-state index is -2.97. The van der Waals surface area contributed by atoms with Gasteiger partial charge in [0, 0.05) is 18.3 Å². The van der Waals surface area contributed by atoms with Crippen LogP contribution in [0, 0.1) is 5.92 Å². The fourth-order valence-corrected chi connectivity index (χ4v) is 5.53. The number of aromatic nitrogens is 2. The molecule has 2 aliphatic heterocycles. The molecule has 2 unspecified atom stereocenters. The summed E-state index contributed by atoms with van der Waals surface area (Å²) in [5, 5.41) is -0.635. The fraction of sp³-hybridized carbons (Fsp3) is 0.583. The quantitative estimate of drug-likeness (QED) is 0.747. The van der Waals surface area contributed by atoms with Gasteiger partial charge in [0.05, 0.1) is 16.7 Å². The number of nitrogens with zero attached hydrogens (tertiary/aromatic N) is 2. The zero-order valence-electron chi connectivity index (χ0n) is 9.82. The molecule has 2 atom stereocenters. The van der Waals surface area contributed by atoms with E-state index in [0.717, 1.165) is 0 Å². The third kappa shape index (κ3) is 1.75. The molecule has 0 spiro atoms. The van der Waals surface area contributed by atoms with Crippen molar-refractivity contribution in [2.45, 2.75) is 36.2 Å². The minimum Gasteiger partial charge on any atom is -0.292 e. The van der Waals surface area contributed by atoms with E-state index in [1.165, 1.54) is 18.6 Å². The fourth-order valence-electron chi connectivity index (χ4n) is 3.06. The van der Waals surface area contributed by atoms with Crippen LogP contribution >= 0.6 is 0 Å². The molecule has 1 aromatic heterocycles. The molecule has 0 radical (unpaired) electrons. The van der Waals surface area contributed by atoms with Gasteiger partial charge in [0.15, 0.2) is 15.6 Å². The summed E-state index contributed by atoms with van der Waals surface area (Å²) < 4.78 is 23.9. The maximum atomic E-state index is 12.2. The molecule has 0 aromatic carbocycles. The van der Waals surface area contributed by atoms with Crippen molar-refractivity contribution in [1.82, 2.24) is 9.97 Å². The molecule has 0 aliphatic carbocycles. The Balaban J connectivity index is 1.83. The lowest BCUT2D eigenvalue weighted by Crippen LogP contribution is -2.36. The first-order valence-electron chi connectivity index (χ1n) is 6.12. The number of hydrogen-bond acceptors (Lipinski definition) is 5. The van der Waals surface area contributed by atoms with E-state index in [0.29, 0.717) is 31.4 Å². The molecule has 0 N–H and O–H groups in total. The van der Waals surface area contributed by atoms with Gasteiger partial charge in [-0.3, -0.25) is 9.78 Å². The second-order valence-electron chi connectivity index (χ2n) is 5.03. The second kappa shape index (κ2) is 4.12. The first-order valence-corrected chi connectivity index (χ1v) is 7.73. The van der Waals surface area contributed by atoms with Gasteiger partial charge in [-0.2, -0.15) is 0 Å². The van der Waals surface area contributed by atoms with Crippen LogP contribution in [0.3, 0.4) is 0 Å². The van der Waals surface area contributed by atoms with E-state index in [4.69, 9.17) is 0 Å². The molecule has 0 amide bonds. The molecule has 6 heteroatoms. The molecule has 2 bridgehead atoms. The monoisotopic (exact) mass is 266 g/mol. The van der Waals surface area contributed by atoms with Gasteiger partial charge >= 0.3 is 0 Å². The van der Waals surface area contributed by atoms with Crippen LogP contribution in [0.15, 0.2) is 18.6 Å². The number of Topliss-reactive ketones (excluding diaryl/α,β-unsaturated/α-hetero) is 1. The van der Waals surface area contributed by atoms with Gasteiger partial charge in [0.2, 0.25) is 0 Å². The molecular weight excluding hydrogens is 252 g/mol. The number of rotatable bonds is 2. The molecule has 2 fully saturated rings. The van der Waals surface area contributed by atoms with E-state index < -0.39 is 9.84 Å². The maximum absolute atomic E-state index is 12.2. The number of ketones is 1. The van der Waals surface area contributed by atoms with Gasteiger partial charge in [-0.1, -0.05) is 0 Å². The molecule has 3 rings (SSSR count). The lowest BCUT2D eigenvalue weighted by molar-refractivity contribution is 0.0900. The highest BCUT2D eigenvalue weighted by molar-refractivity contribution is 7.93. The highest BCUT2D eigenvalue weighted by atomic mass is 32.2. The summed E-state index contributed by atoms with van der Waals surface area (Å²) in [5.41, 5.74) is 0.348. The zero-order chi connectivity index (χ0) is 12.8. The molecule has 18 heavy (non-hydrogen) atoms. The third-order valence-electron chi connectivity index (χ3n) is 4.02. The summed E-state index contributed by atoms with van der Waals surface area (Å²) in [6.07, 6.45) is 6.78. The van der Waals surface area contributed by atoms with E-state index >= 15 is 0 Å². The van der Waals surface area contributed by atoms with Crippen molar-refractivity contribution in [3.63, 3.8) is 0 Å². The number of fused-ring (bicyclic) bond motifs is 2. The zero-order valence-corrected chi connectivity index (χ0v) is 10.6. The Hall–Kier alpha value is -1.30. The van der Waals surface area contributed by atoms with Crippen LogP contribution in [-0.2, 0) is 9.84 Å². The molecule has 5 nitrogen and oxygen atoms in total. The van der Waals surface area contributed by atoms with Gasteiger partial charge in [-0.25, -0.2) is 13.4 Å². The highest BCUT2D eigenvalue weighted by Crippen LogP contribution is 2.41. The Bertz CT molecular complexity index is 550. The average molecular weight is 266 g/mol. The Kier molecular flexibility index (Phi) is 2.69. The van der Waals surface area contributed by atoms with Gasteiger partial charge in [0.25, 0.3) is 0 Å². The average Bonchev–Trinajstić information content (AvgIpc) is 2.59. The predicted molar refractivity (Wildman–Crippen MR) is 64.8 cm³/mol. The van der Waals surface area contributed by atoms with E-state index in [2.05, 4.69) is 9.97 Å². The molecule has 0 saturated carbocycles. The Morgan fingerprint density at radius 3 is 2.39 bits per heavy atom. The molecule has 96 valence electrons. The van der Waals surface area contributed by atoms with Crippen molar-refractivity contribution in [2.75, 3.05) is 0 Å². The molecule has 2 saturated heterocycles. The van der Waals surface area contributed by atoms with E-state index in [1.807, 2.05) is 0 Å². The van der Waals surface area contributed by atoms with Crippen molar-refractivity contribution in [3.05, 3.63) is 24.3 Å². The summed E-state index contributed by atoms with van der Waals surface area (Å²) in [7, 11) is -2.97. The van der Waals surface area contributed by atoms with Gasteiger partial charge < -0.3 is 0 Å². The highest BCUT2D eigenvalue weighted by Gasteiger charge is 2.48. The molecule has 1 aromatic rings. The Labute approximate surface area is 106 Å². The third-order valence-corrected chi connectivity index (χ3v) is 6.74. The van der Waals surface area contributed by atoms with Crippen LogP contribution in [0.1, 0.15) is 36.2 Å². The normalized spacial score (nSPS) is 33.2. The standard InChI is InChI=1S/C12H14N2O3S/c15-12(11-7-13-3-4-14-11)8-5-9-1-2-10(6-8)18(9,16)17/h3-4,7-10H,1-2,5-6H2. The van der Waals surface area contributed by atoms with Gasteiger partial charge in [-0.15, -0.1) is 0 Å². The topological polar surface area (TPSA) is 77.0 Å². The molecule has 3 heterocycles. The summed E-state index contributed by atoms with van der Waals surface area (Å²) >= 11 is 0. The van der Waals surface area contributed by atoms with Crippen molar-refractivity contribution in [1.29, 1.82) is 0 Å². The smallest absolute Gasteiger partial charge is 0.185 e. The van der Waals surface area contributed by atoms with Crippen LogP contribution in [0.2, 0.25) is 0 Å². The number of sulfone groups is 1. The van der Waals surface area contributed by atoms with Gasteiger partial charge in [0.1, 0.15) is 5.69 Å². The van der Waals surface area contributed by atoms with Crippen molar-refractivity contribution >= 4 is 15.6 Å². The summed E-state index contributed by atoms with van der Waals surface area (Å²) in [6, 6.07) is 0. The molecule has 2 aliphatic rings. The number of carbonyl (C=O) groups excluding carboxylic acids is 1. The summed E-state index contributed by atoms with van der Waals surface area (Å²) in [5.74, 6) is -0.266. The lowest BCUT2D eigenvalue weighted by Gasteiger charge is -2.26. The van der Waals surface area contributed by atoms with Crippen molar-refractivity contribution in [2.24, 2.45) is 5.92 Å². The Morgan fingerprint density at radius 2 is 1.83 bits per heavy atom. The summed E-state index contributed by atoms with van der Waals surface area (Å²) in [6.45, 7) is 0. The second-order valence-corrected chi connectivity index (χ2v) is 7.55. The molecular formula is C12H14N2O3S. The first kappa shape index (κ1) is 11.8. The van der Waals surface area contributed by atoms with E-state index in [9.17, 15) is 13.2 Å². The van der Waals surface area contributed by atoms with Crippen LogP contribution in [0.25, 0.3) is 0 Å². The van der Waals surface area contributed by atoms with E-state index in [-0.39, 0.29) is 22.2 Å². The van der Waals surface area contributed by atoms with Crippen LogP contribution < -0.4 is 0 Å². The van der Waals surface area contributed by atoms with Crippen LogP contribution in [-0.4, -0.2) is 34.7 Å². The minimum absolute atomic E-state index is 0.0603. The maximum Gasteiger partial charge on any atom is 0.185 e. The number of carbonyl (C=O) groups is 1. The Morgan fingerprint density at radius 1 is 1.17 bits per heavy atom. The van der Waals surface area contributed by atoms with Gasteiger partial charge in [-0.05, 0) is 25.7 Å². The number of hydrogen-bond donors (Lipinski definition) is 0. The lowest BCUT2D eigenvalue weighted by atomic mass is 9.93. The predicted octanol–water partition coefficient (Wildman–Crippen LogP) is 1.02. The van der Waals surface area contributed by atoms with Crippen LogP contribution in [0.5, 0.6) is 0 Å². The van der Waals surface area contributed by atoms with E-state index in [1.54, 1.807) is 0 Å².